The molecule has 0 spiro atoms. The Balaban J connectivity index is 0.00000121. The van der Waals surface area contributed by atoms with Gasteiger partial charge in [0.2, 0.25) is 5.91 Å². The molecule has 4 rings (SSSR count). The minimum atomic E-state index is 0. The molecule has 2 aliphatic heterocycles. The lowest BCUT2D eigenvalue weighted by Gasteiger charge is -2.39. The van der Waals surface area contributed by atoms with Crippen LogP contribution in [0, 0.1) is 11.8 Å². The molecule has 2 saturated heterocycles. The zero-order chi connectivity index (χ0) is 12.8. The summed E-state index contributed by atoms with van der Waals surface area (Å²) < 4.78 is 0. The molecule has 2 heterocycles. The maximum atomic E-state index is 12.6. The van der Waals surface area contributed by atoms with Crippen LogP contribution in [0.1, 0.15) is 23.5 Å². The maximum Gasteiger partial charge on any atom is 0.230 e. The second-order valence-corrected chi connectivity index (χ2v) is 6.21. The molecule has 2 fully saturated rings. The van der Waals surface area contributed by atoms with Crippen molar-refractivity contribution in [3.05, 3.63) is 35.4 Å². The van der Waals surface area contributed by atoms with Gasteiger partial charge in [0.05, 0.1) is 5.92 Å². The first-order chi connectivity index (χ1) is 9.33. The Morgan fingerprint density at radius 1 is 1.20 bits per heavy atom. The van der Waals surface area contributed by atoms with E-state index in [4.69, 9.17) is 0 Å². The van der Waals surface area contributed by atoms with E-state index in [0.717, 1.165) is 38.5 Å². The maximum absolute atomic E-state index is 12.6. The number of nitrogens with zero attached hydrogens (tertiary/aromatic N) is 1. The number of piperidine rings is 1. The Hall–Kier alpha value is -1.06. The number of carbonyl (C=O) groups excluding carboxylic acids is 1. The molecule has 4 heteroatoms. The van der Waals surface area contributed by atoms with E-state index in [1.165, 1.54) is 17.5 Å². The highest BCUT2D eigenvalue weighted by molar-refractivity contribution is 5.87. The molecule has 0 aromatic heterocycles. The van der Waals surface area contributed by atoms with Crippen molar-refractivity contribution in [2.24, 2.45) is 11.8 Å². The quantitative estimate of drug-likeness (QED) is 0.856. The summed E-state index contributed by atoms with van der Waals surface area (Å²) in [7, 11) is 0. The van der Waals surface area contributed by atoms with Gasteiger partial charge in [-0.2, -0.15) is 0 Å². The smallest absolute Gasteiger partial charge is 0.230 e. The van der Waals surface area contributed by atoms with E-state index in [9.17, 15) is 4.79 Å². The predicted octanol–water partition coefficient (Wildman–Crippen LogP) is 1.82. The van der Waals surface area contributed by atoms with Gasteiger partial charge in [-0.3, -0.25) is 4.79 Å². The second kappa shape index (κ2) is 5.38. The fraction of sp³-hybridized carbons (Fsp3) is 0.562. The fourth-order valence-corrected chi connectivity index (χ4v) is 3.93. The minimum absolute atomic E-state index is 0. The van der Waals surface area contributed by atoms with Gasteiger partial charge in [-0.1, -0.05) is 24.3 Å². The van der Waals surface area contributed by atoms with Crippen LogP contribution in [0.15, 0.2) is 24.3 Å². The number of likely N-dealkylation sites (tertiary alicyclic amines) is 1. The third-order valence-corrected chi connectivity index (χ3v) is 5.17. The predicted molar refractivity (Wildman–Crippen MR) is 81.2 cm³/mol. The van der Waals surface area contributed by atoms with Crippen molar-refractivity contribution in [1.29, 1.82) is 0 Å². The molecule has 1 N–H and O–H groups in total. The fourth-order valence-electron chi connectivity index (χ4n) is 3.93. The molecule has 0 saturated carbocycles. The highest BCUT2D eigenvalue weighted by Crippen LogP contribution is 2.37. The van der Waals surface area contributed by atoms with Crippen molar-refractivity contribution in [2.45, 2.75) is 18.8 Å². The number of carbonyl (C=O) groups is 1. The molecule has 3 aliphatic rings. The van der Waals surface area contributed by atoms with Gasteiger partial charge < -0.3 is 10.2 Å². The van der Waals surface area contributed by atoms with Gasteiger partial charge >= 0.3 is 0 Å². The third-order valence-electron chi connectivity index (χ3n) is 5.17. The molecule has 1 amide bonds. The molecule has 1 aromatic carbocycles. The van der Waals surface area contributed by atoms with E-state index in [1.807, 2.05) is 6.07 Å². The molecule has 3 nitrogen and oxygen atoms in total. The van der Waals surface area contributed by atoms with Crippen molar-refractivity contribution < 1.29 is 4.79 Å². The van der Waals surface area contributed by atoms with Gasteiger partial charge in [0.15, 0.2) is 0 Å². The number of halogens is 1. The van der Waals surface area contributed by atoms with Gasteiger partial charge in [0.25, 0.3) is 0 Å². The molecule has 3 unspecified atom stereocenters. The van der Waals surface area contributed by atoms with Gasteiger partial charge in [0.1, 0.15) is 0 Å². The Bertz CT molecular complexity index is 519. The first-order valence-electron chi connectivity index (χ1n) is 7.40. The minimum Gasteiger partial charge on any atom is -0.342 e. The first-order valence-corrected chi connectivity index (χ1v) is 7.40. The monoisotopic (exact) mass is 292 g/mol. The Morgan fingerprint density at radius 3 is 2.85 bits per heavy atom. The molecule has 1 aromatic rings. The Morgan fingerprint density at radius 2 is 2.00 bits per heavy atom. The number of rotatable bonds is 1. The van der Waals surface area contributed by atoms with E-state index < -0.39 is 0 Å². The number of nitrogens with one attached hydrogen (secondary N) is 1. The summed E-state index contributed by atoms with van der Waals surface area (Å²) in [5.41, 5.74) is 2.62. The third kappa shape index (κ3) is 2.13. The van der Waals surface area contributed by atoms with Crippen LogP contribution in [-0.2, 0) is 11.2 Å². The van der Waals surface area contributed by atoms with Gasteiger partial charge in [-0.05, 0) is 48.9 Å². The average molecular weight is 293 g/mol. The molecule has 3 atom stereocenters. The highest BCUT2D eigenvalue weighted by atomic mass is 35.5. The van der Waals surface area contributed by atoms with Gasteiger partial charge in [-0.25, -0.2) is 0 Å². The van der Waals surface area contributed by atoms with Crippen molar-refractivity contribution in [2.75, 3.05) is 26.2 Å². The Labute approximate surface area is 126 Å². The summed E-state index contributed by atoms with van der Waals surface area (Å²) in [5, 5.41) is 3.46. The van der Waals surface area contributed by atoms with E-state index in [-0.39, 0.29) is 18.3 Å². The van der Waals surface area contributed by atoms with Crippen molar-refractivity contribution >= 4 is 18.3 Å². The van der Waals surface area contributed by atoms with Crippen LogP contribution < -0.4 is 5.32 Å². The first kappa shape index (κ1) is 13.9. The zero-order valence-electron chi connectivity index (χ0n) is 11.5. The lowest BCUT2D eigenvalue weighted by molar-refractivity contribution is -0.135. The topological polar surface area (TPSA) is 32.3 Å². The molecule has 1 aliphatic carbocycles. The number of amides is 1. The summed E-state index contributed by atoms with van der Waals surface area (Å²) in [4.78, 5) is 14.8. The lowest BCUT2D eigenvalue weighted by Crippen LogP contribution is -2.47. The van der Waals surface area contributed by atoms with Gasteiger partial charge in [0, 0.05) is 13.1 Å². The molecular weight excluding hydrogens is 272 g/mol. The van der Waals surface area contributed by atoms with Crippen LogP contribution in [0.4, 0.5) is 0 Å². The van der Waals surface area contributed by atoms with Crippen molar-refractivity contribution in [1.82, 2.24) is 10.2 Å². The molecular formula is C16H21ClN2O. The summed E-state index contributed by atoms with van der Waals surface area (Å²) in [6.07, 6.45) is 2.12. The summed E-state index contributed by atoms with van der Waals surface area (Å²) in [6.45, 7) is 4.17. The van der Waals surface area contributed by atoms with Crippen LogP contribution in [0.5, 0.6) is 0 Å². The molecule has 20 heavy (non-hydrogen) atoms. The van der Waals surface area contributed by atoms with E-state index in [1.54, 1.807) is 0 Å². The zero-order valence-corrected chi connectivity index (χ0v) is 12.4. The lowest BCUT2D eigenvalue weighted by atomic mass is 9.76. The SMILES string of the molecule is Cl.O=C(C1Cc2ccccc21)N1CCC2CNCC2C1. The van der Waals surface area contributed by atoms with Crippen molar-refractivity contribution in [3.8, 4) is 0 Å². The van der Waals surface area contributed by atoms with Crippen LogP contribution in [0.2, 0.25) is 0 Å². The molecule has 108 valence electrons. The van der Waals surface area contributed by atoms with Crippen LogP contribution in [0.3, 0.4) is 0 Å². The molecule has 0 radical (unpaired) electrons. The summed E-state index contributed by atoms with van der Waals surface area (Å²) in [5.74, 6) is 2.00. The van der Waals surface area contributed by atoms with Crippen LogP contribution >= 0.6 is 12.4 Å². The summed E-state index contributed by atoms with van der Waals surface area (Å²) in [6, 6.07) is 8.37. The normalized spacial score (nSPS) is 30.8. The number of fused-ring (bicyclic) bond motifs is 2. The number of benzene rings is 1. The van der Waals surface area contributed by atoms with Crippen molar-refractivity contribution in [3.63, 3.8) is 0 Å². The van der Waals surface area contributed by atoms with Crippen LogP contribution in [0.25, 0.3) is 0 Å². The summed E-state index contributed by atoms with van der Waals surface area (Å²) >= 11 is 0. The van der Waals surface area contributed by atoms with E-state index >= 15 is 0 Å². The van der Waals surface area contributed by atoms with E-state index in [2.05, 4.69) is 28.4 Å². The molecule has 0 bridgehead atoms. The Kier molecular flexibility index (Phi) is 3.74. The number of hydrogen-bond donors (Lipinski definition) is 1. The second-order valence-electron chi connectivity index (χ2n) is 6.21. The number of hydrogen-bond acceptors (Lipinski definition) is 2. The average Bonchev–Trinajstić information content (AvgIpc) is 2.87. The largest absolute Gasteiger partial charge is 0.342 e. The standard InChI is InChI=1S/C16H20N2O.ClH/c19-16(15-7-11-3-1-2-4-14(11)15)18-6-5-12-8-17-9-13(12)10-18;/h1-4,12-13,15,17H,5-10H2;1H. The highest BCUT2D eigenvalue weighted by Gasteiger charge is 2.39. The van der Waals surface area contributed by atoms with Crippen LogP contribution in [-0.4, -0.2) is 37.0 Å². The van der Waals surface area contributed by atoms with Gasteiger partial charge in [-0.15, -0.1) is 12.4 Å². The van der Waals surface area contributed by atoms with E-state index in [0.29, 0.717) is 11.8 Å².